The number of hydrogen-bond donors (Lipinski definition) is 1. The van der Waals surface area contributed by atoms with Gasteiger partial charge in [0.15, 0.2) is 0 Å². The molecule has 0 aromatic heterocycles. The maximum atomic E-state index is 11.7. The van der Waals surface area contributed by atoms with Crippen LogP contribution in [0, 0.1) is 0 Å². The zero-order valence-electron chi connectivity index (χ0n) is 11.9. The van der Waals surface area contributed by atoms with Crippen LogP contribution in [0.3, 0.4) is 0 Å². The van der Waals surface area contributed by atoms with Crippen LogP contribution >= 0.6 is 28.1 Å². The maximum Gasteiger partial charge on any atom is 0.325 e. The average molecular weight is 359 g/mol. The van der Waals surface area contributed by atoms with Gasteiger partial charge in [0.2, 0.25) is 0 Å². The summed E-state index contributed by atoms with van der Waals surface area (Å²) in [5.41, 5.74) is 7.31. The third kappa shape index (κ3) is 4.45. The number of nitrogens with two attached hydrogens (primary N) is 1. The summed E-state index contributed by atoms with van der Waals surface area (Å²) in [5, 5.41) is 0. The molecule has 0 radical (unpaired) electrons. The molecule has 0 spiro atoms. The molecule has 110 valence electrons. The molecule has 0 bridgehead atoms. The Labute approximate surface area is 133 Å². The molecule has 4 nitrogen and oxygen atoms in total. The molecule has 20 heavy (non-hydrogen) atoms. The minimum absolute atomic E-state index is 0.159. The van der Waals surface area contributed by atoms with E-state index in [1.165, 1.54) is 0 Å². The molecule has 0 atom stereocenters. The SMILES string of the molecule is CCOC(=O)CN(c1ccc(C(N)=S)cc1Br)C(C)C. The maximum absolute atomic E-state index is 11.7. The van der Waals surface area contributed by atoms with E-state index in [9.17, 15) is 4.79 Å². The number of thiocarbonyl (C=S) groups is 1. The molecule has 0 aliphatic rings. The Morgan fingerprint density at radius 3 is 2.60 bits per heavy atom. The smallest absolute Gasteiger partial charge is 0.325 e. The van der Waals surface area contributed by atoms with Crippen LogP contribution in [0.25, 0.3) is 0 Å². The van der Waals surface area contributed by atoms with E-state index >= 15 is 0 Å². The molecule has 0 aliphatic carbocycles. The zero-order valence-corrected chi connectivity index (χ0v) is 14.3. The average Bonchev–Trinajstić information content (AvgIpc) is 2.36. The van der Waals surface area contributed by atoms with Crippen molar-refractivity contribution in [1.82, 2.24) is 0 Å². The number of ether oxygens (including phenoxy) is 1. The number of esters is 1. The first-order chi connectivity index (χ1) is 9.36. The Hall–Kier alpha value is -1.14. The van der Waals surface area contributed by atoms with Gasteiger partial charge in [-0.3, -0.25) is 4.79 Å². The van der Waals surface area contributed by atoms with Crippen molar-refractivity contribution in [2.75, 3.05) is 18.1 Å². The Bertz CT molecular complexity index is 506. The second kappa shape index (κ2) is 7.59. The molecule has 1 aromatic carbocycles. The van der Waals surface area contributed by atoms with Crippen molar-refractivity contribution in [3.05, 3.63) is 28.2 Å². The summed E-state index contributed by atoms with van der Waals surface area (Å²) in [5.74, 6) is -0.244. The second-order valence-electron chi connectivity index (χ2n) is 4.56. The Morgan fingerprint density at radius 2 is 2.15 bits per heavy atom. The van der Waals surface area contributed by atoms with Gasteiger partial charge < -0.3 is 15.4 Å². The fourth-order valence-electron chi connectivity index (χ4n) is 1.78. The molecule has 0 saturated carbocycles. The fourth-order valence-corrected chi connectivity index (χ4v) is 2.52. The number of carbonyl (C=O) groups excluding carboxylic acids is 1. The lowest BCUT2D eigenvalue weighted by Gasteiger charge is -2.29. The van der Waals surface area contributed by atoms with Crippen LogP contribution in [0.4, 0.5) is 5.69 Å². The molecule has 0 heterocycles. The van der Waals surface area contributed by atoms with Crippen molar-refractivity contribution in [3.8, 4) is 0 Å². The van der Waals surface area contributed by atoms with Crippen LogP contribution in [0.1, 0.15) is 26.3 Å². The summed E-state index contributed by atoms with van der Waals surface area (Å²) >= 11 is 8.46. The van der Waals surface area contributed by atoms with E-state index in [1.807, 2.05) is 36.9 Å². The van der Waals surface area contributed by atoms with E-state index in [1.54, 1.807) is 6.92 Å². The largest absolute Gasteiger partial charge is 0.465 e. The highest BCUT2D eigenvalue weighted by molar-refractivity contribution is 9.10. The van der Waals surface area contributed by atoms with Crippen molar-refractivity contribution in [2.24, 2.45) is 5.73 Å². The monoisotopic (exact) mass is 358 g/mol. The standard InChI is InChI=1S/C14H19BrN2O2S/c1-4-19-13(18)8-17(9(2)3)12-6-5-10(14(16)20)7-11(12)15/h5-7,9H,4,8H2,1-3H3,(H2,16,20). The molecule has 2 N–H and O–H groups in total. The highest BCUT2D eigenvalue weighted by Gasteiger charge is 2.18. The fraction of sp³-hybridized carbons (Fsp3) is 0.429. The van der Waals surface area contributed by atoms with Crippen molar-refractivity contribution in [2.45, 2.75) is 26.8 Å². The molecule has 0 amide bonds. The second-order valence-corrected chi connectivity index (χ2v) is 5.85. The molecular weight excluding hydrogens is 340 g/mol. The van der Waals surface area contributed by atoms with Gasteiger partial charge in [-0.2, -0.15) is 0 Å². The van der Waals surface area contributed by atoms with Gasteiger partial charge in [-0.1, -0.05) is 12.2 Å². The third-order valence-electron chi connectivity index (χ3n) is 2.77. The van der Waals surface area contributed by atoms with Gasteiger partial charge in [0.05, 0.1) is 12.3 Å². The predicted molar refractivity (Wildman–Crippen MR) is 89.1 cm³/mol. The van der Waals surface area contributed by atoms with Gasteiger partial charge in [0.1, 0.15) is 11.5 Å². The lowest BCUT2D eigenvalue weighted by atomic mass is 10.1. The lowest BCUT2D eigenvalue weighted by molar-refractivity contribution is -0.141. The van der Waals surface area contributed by atoms with Crippen LogP contribution in [0.2, 0.25) is 0 Å². The predicted octanol–water partition coefficient (Wildman–Crippen LogP) is 2.86. The number of benzene rings is 1. The van der Waals surface area contributed by atoms with E-state index in [2.05, 4.69) is 15.9 Å². The van der Waals surface area contributed by atoms with E-state index in [-0.39, 0.29) is 18.6 Å². The Kier molecular flexibility index (Phi) is 6.42. The normalized spacial score (nSPS) is 10.4. The Balaban J connectivity index is 3.03. The highest BCUT2D eigenvalue weighted by Crippen LogP contribution is 2.28. The molecule has 1 aromatic rings. The van der Waals surface area contributed by atoms with E-state index in [4.69, 9.17) is 22.7 Å². The number of hydrogen-bond acceptors (Lipinski definition) is 4. The number of carbonyl (C=O) groups is 1. The molecule has 6 heteroatoms. The van der Waals surface area contributed by atoms with Crippen molar-refractivity contribution >= 4 is 44.8 Å². The quantitative estimate of drug-likeness (QED) is 0.625. The molecule has 0 aliphatic heterocycles. The van der Waals surface area contributed by atoms with Crippen molar-refractivity contribution in [1.29, 1.82) is 0 Å². The van der Waals surface area contributed by atoms with Gasteiger partial charge in [-0.05, 0) is 54.9 Å². The Morgan fingerprint density at radius 1 is 1.50 bits per heavy atom. The van der Waals surface area contributed by atoms with E-state index in [0.29, 0.717) is 11.6 Å². The van der Waals surface area contributed by atoms with Crippen molar-refractivity contribution < 1.29 is 9.53 Å². The summed E-state index contributed by atoms with van der Waals surface area (Å²) < 4.78 is 5.86. The number of anilines is 1. The van der Waals surface area contributed by atoms with Gasteiger partial charge in [-0.15, -0.1) is 0 Å². The van der Waals surface area contributed by atoms with Gasteiger partial charge in [0, 0.05) is 16.1 Å². The first-order valence-electron chi connectivity index (χ1n) is 6.38. The number of nitrogens with zero attached hydrogens (tertiary/aromatic N) is 1. The number of halogens is 1. The first kappa shape index (κ1) is 16.9. The summed E-state index contributed by atoms with van der Waals surface area (Å²) in [6.45, 7) is 6.42. The zero-order chi connectivity index (χ0) is 15.3. The molecule has 0 saturated heterocycles. The highest BCUT2D eigenvalue weighted by atomic mass is 79.9. The third-order valence-corrected chi connectivity index (χ3v) is 3.64. The summed E-state index contributed by atoms with van der Waals surface area (Å²) in [4.78, 5) is 14.0. The van der Waals surface area contributed by atoms with Gasteiger partial charge >= 0.3 is 5.97 Å². The minimum atomic E-state index is -0.244. The lowest BCUT2D eigenvalue weighted by Crippen LogP contribution is -2.36. The summed E-state index contributed by atoms with van der Waals surface area (Å²) in [6, 6.07) is 5.77. The van der Waals surface area contributed by atoms with Gasteiger partial charge in [0.25, 0.3) is 0 Å². The van der Waals surface area contributed by atoms with Crippen LogP contribution in [-0.4, -0.2) is 30.2 Å². The van der Waals surface area contributed by atoms with Crippen LogP contribution in [-0.2, 0) is 9.53 Å². The van der Waals surface area contributed by atoms with Crippen molar-refractivity contribution in [3.63, 3.8) is 0 Å². The minimum Gasteiger partial charge on any atom is -0.465 e. The van der Waals surface area contributed by atoms with Crippen LogP contribution < -0.4 is 10.6 Å². The summed E-state index contributed by atoms with van der Waals surface area (Å²) in [6.07, 6.45) is 0. The first-order valence-corrected chi connectivity index (χ1v) is 7.58. The topological polar surface area (TPSA) is 55.6 Å². The molecule has 0 fully saturated rings. The van der Waals surface area contributed by atoms with Crippen LogP contribution in [0.5, 0.6) is 0 Å². The summed E-state index contributed by atoms with van der Waals surface area (Å²) in [7, 11) is 0. The number of rotatable bonds is 6. The molecular formula is C14H19BrN2O2S. The van der Waals surface area contributed by atoms with E-state index in [0.717, 1.165) is 15.7 Å². The van der Waals surface area contributed by atoms with Gasteiger partial charge in [-0.25, -0.2) is 0 Å². The molecule has 1 rings (SSSR count). The van der Waals surface area contributed by atoms with E-state index < -0.39 is 0 Å². The molecule has 0 unspecified atom stereocenters. The van der Waals surface area contributed by atoms with Crippen LogP contribution in [0.15, 0.2) is 22.7 Å².